The Bertz CT molecular complexity index is 620. The van der Waals surface area contributed by atoms with E-state index in [0.29, 0.717) is 0 Å². The van der Waals surface area contributed by atoms with Gasteiger partial charge in [-0.1, -0.05) is 0 Å². The van der Waals surface area contributed by atoms with Crippen LogP contribution < -0.4 is 0 Å². The molecule has 0 saturated heterocycles. The lowest BCUT2D eigenvalue weighted by Crippen LogP contribution is -2.30. The van der Waals surface area contributed by atoms with Crippen LogP contribution in [0.3, 0.4) is 0 Å². The third kappa shape index (κ3) is 5.40. The number of esters is 1. The first-order valence-electron chi connectivity index (χ1n) is 5.96. The second kappa shape index (κ2) is 6.05. The fourth-order valence-corrected chi connectivity index (χ4v) is 2.50. The van der Waals surface area contributed by atoms with Crippen LogP contribution in [0, 0.1) is 11.3 Å². The molecule has 110 valence electrons. The summed E-state index contributed by atoms with van der Waals surface area (Å²) in [5.74, 6) is -1.56. The Morgan fingerprint density at radius 3 is 2.70 bits per heavy atom. The van der Waals surface area contributed by atoms with Gasteiger partial charge in [0.25, 0.3) is 0 Å². The summed E-state index contributed by atoms with van der Waals surface area (Å²) in [5, 5.41) is 8.75. The molecule has 0 bridgehead atoms. The van der Waals surface area contributed by atoms with Gasteiger partial charge in [0, 0.05) is 18.9 Å². The van der Waals surface area contributed by atoms with E-state index in [1.165, 1.54) is 17.0 Å². The molecule has 1 aromatic rings. The topological polar surface area (TPSA) is 102 Å². The first-order chi connectivity index (χ1) is 9.13. The third-order valence-corrected chi connectivity index (χ3v) is 3.70. The minimum Gasteiger partial charge on any atom is -0.459 e. The van der Waals surface area contributed by atoms with Crippen molar-refractivity contribution >= 4 is 15.8 Å². The molecule has 8 heteroatoms. The fourth-order valence-electron chi connectivity index (χ4n) is 1.46. The van der Waals surface area contributed by atoms with E-state index in [1.54, 1.807) is 20.8 Å². The zero-order valence-electron chi connectivity index (χ0n) is 11.7. The summed E-state index contributed by atoms with van der Waals surface area (Å²) < 4.78 is 30.0. The van der Waals surface area contributed by atoms with Crippen LogP contribution >= 0.6 is 0 Å². The predicted octanol–water partition coefficient (Wildman–Crippen LogP) is 0.511. The largest absolute Gasteiger partial charge is 0.459 e. The molecular weight excluding hydrogens is 282 g/mol. The molecule has 0 radical (unpaired) electrons. The molecule has 1 heterocycles. The van der Waals surface area contributed by atoms with Gasteiger partial charge in [-0.25, -0.2) is 13.4 Å². The maximum absolute atomic E-state index is 11.8. The number of nitrogens with zero attached hydrogens (tertiary/aromatic N) is 3. The molecule has 1 rings (SSSR count). The van der Waals surface area contributed by atoms with Crippen molar-refractivity contribution in [2.45, 2.75) is 32.9 Å². The molecule has 0 unspecified atom stereocenters. The Labute approximate surface area is 118 Å². The molecule has 0 spiro atoms. The second-order valence-corrected chi connectivity index (χ2v) is 7.42. The van der Waals surface area contributed by atoms with Gasteiger partial charge in [-0.05, 0) is 20.8 Å². The van der Waals surface area contributed by atoms with Crippen molar-refractivity contribution in [2.75, 3.05) is 11.5 Å². The number of carbonyl (C=O) groups excluding carboxylic acids is 1. The maximum Gasteiger partial charge on any atom is 0.321 e. The number of imidazole rings is 1. The van der Waals surface area contributed by atoms with Crippen LogP contribution in [0.2, 0.25) is 0 Å². The Balaban J connectivity index is 2.59. The summed E-state index contributed by atoms with van der Waals surface area (Å²) in [7, 11) is -3.59. The van der Waals surface area contributed by atoms with Gasteiger partial charge in [0.05, 0.1) is 5.75 Å². The highest BCUT2D eigenvalue weighted by atomic mass is 32.2. The van der Waals surface area contributed by atoms with E-state index in [2.05, 4.69) is 4.98 Å². The minimum atomic E-state index is -3.59. The maximum atomic E-state index is 11.8. The van der Waals surface area contributed by atoms with Gasteiger partial charge in [-0.15, -0.1) is 0 Å². The van der Waals surface area contributed by atoms with Crippen LogP contribution in [-0.2, 0) is 25.9 Å². The molecule has 0 saturated carbocycles. The van der Waals surface area contributed by atoms with Gasteiger partial charge >= 0.3 is 5.97 Å². The van der Waals surface area contributed by atoms with E-state index in [-0.39, 0.29) is 18.1 Å². The number of nitriles is 1. The first-order valence-corrected chi connectivity index (χ1v) is 7.78. The lowest BCUT2D eigenvalue weighted by Gasteiger charge is -2.19. The number of sulfone groups is 1. The first kappa shape index (κ1) is 16.2. The molecule has 0 aliphatic rings. The number of hydrogen-bond acceptors (Lipinski definition) is 6. The smallest absolute Gasteiger partial charge is 0.321 e. The molecule has 0 N–H and O–H groups in total. The lowest BCUT2D eigenvalue weighted by atomic mass is 10.2. The Morgan fingerprint density at radius 1 is 1.50 bits per heavy atom. The van der Waals surface area contributed by atoms with Crippen LogP contribution in [-0.4, -0.2) is 41.0 Å². The molecule has 0 fully saturated rings. The normalized spacial score (nSPS) is 11.9. The Morgan fingerprint density at radius 2 is 2.15 bits per heavy atom. The summed E-state index contributed by atoms with van der Waals surface area (Å²) in [6, 6.07) is 1.85. The van der Waals surface area contributed by atoms with Gasteiger partial charge in [-0.2, -0.15) is 5.26 Å². The van der Waals surface area contributed by atoms with Crippen molar-refractivity contribution < 1.29 is 17.9 Å². The summed E-state index contributed by atoms with van der Waals surface area (Å²) in [6.45, 7) is 5.08. The number of hydrogen-bond donors (Lipinski definition) is 0. The van der Waals surface area contributed by atoms with Gasteiger partial charge in [-0.3, -0.25) is 4.79 Å². The molecule has 20 heavy (non-hydrogen) atoms. The third-order valence-electron chi connectivity index (χ3n) is 2.22. The number of aryl methyl sites for hydroxylation is 1. The molecule has 0 aromatic carbocycles. The van der Waals surface area contributed by atoms with Gasteiger partial charge in [0.15, 0.2) is 9.84 Å². The van der Waals surface area contributed by atoms with Crippen LogP contribution in [0.5, 0.6) is 0 Å². The highest BCUT2D eigenvalue weighted by Crippen LogP contribution is 2.08. The molecule has 0 aliphatic carbocycles. The van der Waals surface area contributed by atoms with E-state index in [9.17, 15) is 13.2 Å². The van der Waals surface area contributed by atoms with Crippen molar-refractivity contribution in [3.05, 3.63) is 18.2 Å². The second-order valence-electron chi connectivity index (χ2n) is 5.23. The summed E-state index contributed by atoms with van der Waals surface area (Å²) in [5.41, 5.74) is -0.717. The average molecular weight is 299 g/mol. The monoisotopic (exact) mass is 299 g/mol. The van der Waals surface area contributed by atoms with Crippen LogP contribution in [0.4, 0.5) is 0 Å². The van der Waals surface area contributed by atoms with Gasteiger partial charge in [0.2, 0.25) is 5.82 Å². The van der Waals surface area contributed by atoms with Crippen molar-refractivity contribution in [1.82, 2.24) is 9.55 Å². The van der Waals surface area contributed by atoms with E-state index in [1.807, 2.05) is 6.07 Å². The van der Waals surface area contributed by atoms with E-state index < -0.39 is 27.2 Å². The zero-order valence-corrected chi connectivity index (χ0v) is 12.5. The van der Waals surface area contributed by atoms with Crippen LogP contribution in [0.1, 0.15) is 26.6 Å². The Hall–Kier alpha value is -1.88. The molecular formula is C12H17N3O4S. The predicted molar refractivity (Wildman–Crippen MR) is 71.4 cm³/mol. The van der Waals surface area contributed by atoms with E-state index >= 15 is 0 Å². The van der Waals surface area contributed by atoms with Crippen molar-refractivity contribution in [3.8, 4) is 6.07 Å². The fraction of sp³-hybridized carbons (Fsp3) is 0.583. The SMILES string of the molecule is CC(C)(C)OC(=O)CS(=O)(=O)CCn1ccnc1C#N. The van der Waals surface area contributed by atoms with Gasteiger partial charge < -0.3 is 9.30 Å². The average Bonchev–Trinajstić information content (AvgIpc) is 2.70. The van der Waals surface area contributed by atoms with Crippen molar-refractivity contribution in [2.24, 2.45) is 0 Å². The summed E-state index contributed by atoms with van der Waals surface area (Å²) >= 11 is 0. The highest BCUT2D eigenvalue weighted by Gasteiger charge is 2.22. The number of rotatable bonds is 5. The van der Waals surface area contributed by atoms with Crippen LogP contribution in [0.15, 0.2) is 12.4 Å². The molecule has 1 aromatic heterocycles. The summed E-state index contributed by atoms with van der Waals surface area (Å²) in [6.07, 6.45) is 2.93. The lowest BCUT2D eigenvalue weighted by molar-refractivity contribution is -0.151. The van der Waals surface area contributed by atoms with Gasteiger partial charge in [0.1, 0.15) is 17.4 Å². The minimum absolute atomic E-state index is 0.0774. The molecule has 7 nitrogen and oxygen atoms in total. The number of aromatic nitrogens is 2. The number of ether oxygens (including phenoxy) is 1. The Kier molecular flexibility index (Phi) is 4.89. The van der Waals surface area contributed by atoms with Crippen molar-refractivity contribution in [1.29, 1.82) is 5.26 Å². The zero-order chi connectivity index (χ0) is 15.4. The molecule has 0 amide bonds. The highest BCUT2D eigenvalue weighted by molar-refractivity contribution is 7.92. The standard InChI is InChI=1S/C12H17N3O4S/c1-12(2,3)19-11(16)9-20(17,18)7-6-15-5-4-14-10(15)8-13/h4-5H,6-7,9H2,1-3H3. The number of carbonyl (C=O) groups is 1. The molecule has 0 atom stereocenters. The van der Waals surface area contributed by atoms with E-state index in [0.717, 1.165) is 0 Å². The molecule has 0 aliphatic heterocycles. The summed E-state index contributed by atoms with van der Waals surface area (Å²) in [4.78, 5) is 15.2. The van der Waals surface area contributed by atoms with Crippen LogP contribution in [0.25, 0.3) is 0 Å². The van der Waals surface area contributed by atoms with E-state index in [4.69, 9.17) is 10.00 Å². The van der Waals surface area contributed by atoms with Crippen molar-refractivity contribution in [3.63, 3.8) is 0 Å². The quantitative estimate of drug-likeness (QED) is 0.734.